The van der Waals surface area contributed by atoms with Crippen LogP contribution in [0, 0.1) is 17.9 Å². The third kappa shape index (κ3) is 5.90. The van der Waals surface area contributed by atoms with Crippen molar-refractivity contribution in [1.82, 2.24) is 14.5 Å². The monoisotopic (exact) mass is 820 g/mol. The molecule has 8 nitrogen and oxygen atoms in total. The molecule has 0 radical (unpaired) electrons. The Morgan fingerprint density at radius 1 is 0.500 bits per heavy atom. The zero-order valence-electron chi connectivity index (χ0n) is 34.0. The lowest BCUT2D eigenvalue weighted by molar-refractivity contribution is 0.0926. The lowest BCUT2D eigenvalue weighted by Gasteiger charge is -2.24. The number of hydrogen-bond acceptors (Lipinski definition) is 5. The molecule has 2 amide bonds. The van der Waals surface area contributed by atoms with Crippen molar-refractivity contribution in [3.63, 3.8) is 0 Å². The molecule has 0 N–H and O–H groups in total. The maximum atomic E-state index is 15.8. The van der Waals surface area contributed by atoms with Crippen molar-refractivity contribution in [3.05, 3.63) is 223 Å². The molecule has 11 rings (SSSR count). The van der Waals surface area contributed by atoms with E-state index in [0.717, 1.165) is 44.2 Å². The number of nitriles is 1. The number of imide groups is 1. The molecule has 4 heterocycles. The molecule has 0 bridgehead atoms. The zero-order chi connectivity index (χ0) is 43.3. The lowest BCUT2D eigenvalue weighted by Crippen LogP contribution is -2.30. The minimum absolute atomic E-state index is 0.226. The van der Waals surface area contributed by atoms with Crippen molar-refractivity contribution in [1.29, 1.82) is 5.26 Å². The van der Waals surface area contributed by atoms with E-state index in [9.17, 15) is 5.26 Å². The van der Waals surface area contributed by atoms with Gasteiger partial charge in [-0.3, -0.25) is 19.6 Å². The van der Waals surface area contributed by atoms with Gasteiger partial charge in [-0.25, -0.2) is 9.74 Å². The van der Waals surface area contributed by atoms with Gasteiger partial charge in [0.1, 0.15) is 0 Å². The summed E-state index contributed by atoms with van der Waals surface area (Å²) in [6, 6.07) is 56.8. The van der Waals surface area contributed by atoms with Crippen molar-refractivity contribution in [3.8, 4) is 67.4 Å². The van der Waals surface area contributed by atoms with Gasteiger partial charge >= 0.3 is 0 Å². The van der Waals surface area contributed by atoms with E-state index in [1.54, 1.807) is 49.1 Å². The van der Waals surface area contributed by atoms with Crippen LogP contribution in [0.5, 0.6) is 0 Å². The number of pyridine rings is 2. The molecule has 64 heavy (non-hydrogen) atoms. The molecule has 0 atom stereocenters. The average Bonchev–Trinajstić information content (AvgIpc) is 3.84. The van der Waals surface area contributed by atoms with Gasteiger partial charge in [0.25, 0.3) is 11.8 Å². The van der Waals surface area contributed by atoms with Crippen LogP contribution in [0.15, 0.2) is 195 Å². The van der Waals surface area contributed by atoms with Crippen LogP contribution in [0.1, 0.15) is 26.3 Å². The fraction of sp³-hybridized carbons (Fsp3) is 0. The normalized spacial score (nSPS) is 12.1. The summed E-state index contributed by atoms with van der Waals surface area (Å²) in [6.07, 6.45) is 6.54. The molecule has 0 saturated carbocycles. The van der Waals surface area contributed by atoms with Gasteiger partial charge < -0.3 is 4.57 Å². The highest BCUT2D eigenvalue weighted by Crippen LogP contribution is 2.49. The number of rotatable bonds is 7. The molecular formula is C56H32N6O2. The summed E-state index contributed by atoms with van der Waals surface area (Å²) in [5, 5.41) is 12.0. The predicted octanol–water partition coefficient (Wildman–Crippen LogP) is 13.1. The van der Waals surface area contributed by atoms with Gasteiger partial charge in [0, 0.05) is 63.4 Å². The summed E-state index contributed by atoms with van der Waals surface area (Å²) in [7, 11) is 0. The molecule has 298 valence electrons. The fourth-order valence-electron chi connectivity index (χ4n) is 9.19. The summed E-state index contributed by atoms with van der Waals surface area (Å²) in [5.74, 6) is -0.934. The van der Waals surface area contributed by atoms with Gasteiger partial charge in [-0.1, -0.05) is 133 Å². The van der Waals surface area contributed by atoms with Gasteiger partial charge in [0.15, 0.2) is 5.69 Å². The van der Waals surface area contributed by atoms with Crippen molar-refractivity contribution in [2.24, 2.45) is 0 Å². The highest BCUT2D eigenvalue weighted by Gasteiger charge is 2.42. The Morgan fingerprint density at radius 3 is 1.62 bits per heavy atom. The van der Waals surface area contributed by atoms with Crippen molar-refractivity contribution in [2.45, 2.75) is 0 Å². The van der Waals surface area contributed by atoms with E-state index in [4.69, 9.17) is 6.57 Å². The Balaban J connectivity index is 1.23. The molecule has 0 spiro atoms. The number of fused-ring (bicyclic) bond motifs is 4. The number of benzene rings is 7. The first kappa shape index (κ1) is 37.7. The highest BCUT2D eigenvalue weighted by atomic mass is 16.2. The Morgan fingerprint density at radius 2 is 1.03 bits per heavy atom. The van der Waals surface area contributed by atoms with E-state index in [2.05, 4.69) is 45.1 Å². The van der Waals surface area contributed by atoms with Crippen molar-refractivity contribution in [2.75, 3.05) is 4.90 Å². The second kappa shape index (κ2) is 15.3. The molecule has 0 unspecified atom stereocenters. The maximum absolute atomic E-state index is 15.8. The molecule has 8 heteroatoms. The lowest BCUT2D eigenvalue weighted by atomic mass is 9.90. The second-order valence-corrected chi connectivity index (χ2v) is 15.4. The SMILES string of the molecule is [C-]#[N+]c1ccncc1-c1cccc2c3cccc(-c4cnccc4C#N)c3n(-c3cccc4c3C(=O)N(c3c(-c5ccccc5)cc(-c5ccccc5)cc3-c3ccccc3)C4=O)c12. The van der Waals surface area contributed by atoms with Gasteiger partial charge in [-0.2, -0.15) is 5.26 Å². The highest BCUT2D eigenvalue weighted by molar-refractivity contribution is 6.37. The van der Waals surface area contributed by atoms with Crippen LogP contribution in [0.25, 0.3) is 88.0 Å². The number of carbonyl (C=O) groups excluding carboxylic acids is 2. The molecule has 7 aromatic carbocycles. The van der Waals surface area contributed by atoms with Crippen molar-refractivity contribution < 1.29 is 9.59 Å². The first-order valence-electron chi connectivity index (χ1n) is 20.6. The van der Waals surface area contributed by atoms with E-state index in [-0.39, 0.29) is 11.1 Å². The zero-order valence-corrected chi connectivity index (χ0v) is 34.0. The standard InChI is InChI=1S/C56H32N6O2/c1-58-49-27-29-60-34-48(49)43-23-12-21-41-40-20-11-22-42(47-33-59-28-26-38(47)32-57)52(40)61(53(41)43)50-25-13-24-44-51(50)56(64)62(55(44)63)54-45(36-16-7-3-8-17-36)30-39(35-14-5-2-6-15-35)31-46(54)37-18-9-4-10-19-37/h2-31,33-34H. The summed E-state index contributed by atoms with van der Waals surface area (Å²) in [6.45, 7) is 8.10. The molecule has 0 aliphatic carbocycles. The minimum Gasteiger partial charge on any atom is -0.307 e. The predicted molar refractivity (Wildman–Crippen MR) is 252 cm³/mol. The van der Waals surface area contributed by atoms with E-state index >= 15 is 9.59 Å². The number of amides is 2. The quantitative estimate of drug-likeness (QED) is 0.118. The Kier molecular flexibility index (Phi) is 9.05. The molecule has 1 aliphatic heterocycles. The number of para-hydroxylation sites is 2. The molecule has 0 saturated heterocycles. The summed E-state index contributed by atoms with van der Waals surface area (Å²) in [5.41, 5.74) is 11.4. The number of nitrogens with zero attached hydrogens (tertiary/aromatic N) is 6. The molecule has 0 fully saturated rings. The first-order valence-corrected chi connectivity index (χ1v) is 20.6. The number of hydrogen-bond donors (Lipinski definition) is 0. The minimum atomic E-state index is -0.482. The average molecular weight is 821 g/mol. The van der Waals surface area contributed by atoms with Gasteiger partial charge in [-0.15, -0.1) is 0 Å². The molecule has 3 aromatic heterocycles. The third-order valence-corrected chi connectivity index (χ3v) is 12.0. The van der Waals surface area contributed by atoms with Crippen molar-refractivity contribution >= 4 is 45.0 Å². The Labute approximate surface area is 368 Å². The number of aromatic nitrogens is 3. The van der Waals surface area contributed by atoms with E-state index in [1.807, 2.05) is 126 Å². The third-order valence-electron chi connectivity index (χ3n) is 12.0. The van der Waals surface area contributed by atoms with Crippen LogP contribution in [-0.2, 0) is 0 Å². The first-order chi connectivity index (χ1) is 31.6. The van der Waals surface area contributed by atoms with Crippen LogP contribution in [-0.4, -0.2) is 26.3 Å². The van der Waals surface area contributed by atoms with Gasteiger partial charge in [0.2, 0.25) is 0 Å². The summed E-state index contributed by atoms with van der Waals surface area (Å²) in [4.78, 5) is 45.2. The van der Waals surface area contributed by atoms with Gasteiger partial charge in [0.05, 0.1) is 51.7 Å². The number of anilines is 1. The Bertz CT molecular complexity index is 3450. The summed E-state index contributed by atoms with van der Waals surface area (Å²) >= 11 is 0. The summed E-state index contributed by atoms with van der Waals surface area (Å²) < 4.78 is 2.02. The maximum Gasteiger partial charge on any atom is 0.268 e. The van der Waals surface area contributed by atoms with Crippen LogP contribution in [0.4, 0.5) is 11.4 Å². The van der Waals surface area contributed by atoms with Crippen LogP contribution < -0.4 is 4.90 Å². The van der Waals surface area contributed by atoms with Gasteiger partial charge in [-0.05, 0) is 64.2 Å². The molecular weight excluding hydrogens is 789 g/mol. The van der Waals surface area contributed by atoms with Crippen LogP contribution >= 0.6 is 0 Å². The van der Waals surface area contributed by atoms with E-state index in [1.165, 1.54) is 4.90 Å². The van der Waals surface area contributed by atoms with E-state index < -0.39 is 11.8 Å². The second-order valence-electron chi connectivity index (χ2n) is 15.4. The van der Waals surface area contributed by atoms with Crippen LogP contribution in [0.3, 0.4) is 0 Å². The van der Waals surface area contributed by atoms with E-state index in [0.29, 0.717) is 55.9 Å². The van der Waals surface area contributed by atoms with Crippen LogP contribution in [0.2, 0.25) is 0 Å². The largest absolute Gasteiger partial charge is 0.307 e. The molecule has 1 aliphatic rings. The topological polar surface area (TPSA) is 96.2 Å². The number of carbonyl (C=O) groups is 2. The fourth-order valence-corrected chi connectivity index (χ4v) is 9.19. The smallest absolute Gasteiger partial charge is 0.268 e. The Hall–Kier alpha value is -9.24. The molecule has 10 aromatic rings.